The van der Waals surface area contributed by atoms with E-state index in [1.165, 1.54) is 116 Å². The van der Waals surface area contributed by atoms with Gasteiger partial charge in [0.05, 0.1) is 0 Å². The molecule has 0 aromatic heterocycles. The van der Waals surface area contributed by atoms with Crippen LogP contribution >= 0.6 is 0 Å². The van der Waals surface area contributed by atoms with Crippen molar-refractivity contribution in [3.8, 4) is 0 Å². The molecule has 0 unspecified atom stereocenters. The van der Waals surface area contributed by atoms with Gasteiger partial charge in [-0.25, -0.2) is 4.79 Å². The number of unbranched alkanes of at least 4 members (excludes halogenated alkanes) is 18. The van der Waals surface area contributed by atoms with Crippen molar-refractivity contribution in [1.82, 2.24) is 0 Å². The van der Waals surface area contributed by atoms with E-state index in [1.54, 1.807) is 21.7 Å². The van der Waals surface area contributed by atoms with Gasteiger partial charge in [-0.1, -0.05) is 0 Å². The van der Waals surface area contributed by atoms with E-state index < -0.39 is 12.6 Å². The van der Waals surface area contributed by atoms with Crippen molar-refractivity contribution in [2.45, 2.75) is 151 Å². The quantitative estimate of drug-likeness (QED) is 0.102. The Kier molecular flexibility index (Phi) is 33.9. The zero-order chi connectivity index (χ0) is 22.5. The molecule has 2 N–H and O–H groups in total. The topological polar surface area (TPSA) is 57.5 Å². The molecule has 0 atom stereocenters. The molecule has 180 valence electrons. The van der Waals surface area contributed by atoms with Crippen molar-refractivity contribution in [3.63, 3.8) is 0 Å². The third-order valence-electron chi connectivity index (χ3n) is 5.55. The molecule has 0 aromatic rings. The van der Waals surface area contributed by atoms with E-state index in [4.69, 9.17) is 15.0 Å². The van der Waals surface area contributed by atoms with E-state index in [9.17, 15) is 0 Å². The Hall–Kier alpha value is 0.229. The number of carbonyl (C=O) groups is 1. The Morgan fingerprint density at radius 3 is 1.00 bits per heavy atom. The Morgan fingerprint density at radius 2 is 0.767 bits per heavy atom. The maximum absolute atomic E-state index is 9.12. The summed E-state index contributed by atoms with van der Waals surface area (Å²) in [4.78, 5) is 9.12. The molecule has 0 amide bonds. The second kappa shape index (κ2) is 31.4. The summed E-state index contributed by atoms with van der Waals surface area (Å²) < 4.78 is 3.33. The first-order chi connectivity index (χ1) is 14.7. The fourth-order valence-electron chi connectivity index (χ4n) is 3.60. The van der Waals surface area contributed by atoms with Gasteiger partial charge in [0.25, 0.3) is 0 Å². The molecule has 0 bridgehead atoms. The van der Waals surface area contributed by atoms with Crippen molar-refractivity contribution in [1.29, 1.82) is 0 Å². The number of aliphatic carboxylic acids is 1. The van der Waals surface area contributed by atoms with Crippen LogP contribution in [-0.4, -0.2) is 43.9 Å². The maximum atomic E-state index is 9.12. The molecule has 4 heteroatoms. The Morgan fingerprint density at radius 1 is 0.533 bits per heavy atom. The van der Waals surface area contributed by atoms with Gasteiger partial charge in [-0.05, 0) is 0 Å². The molecule has 0 saturated heterocycles. The molecule has 0 aliphatic carbocycles. The van der Waals surface area contributed by atoms with E-state index in [0.29, 0.717) is 0 Å². The molecule has 0 aliphatic rings. The van der Waals surface area contributed by atoms with Gasteiger partial charge in [-0.2, -0.15) is 0 Å². The summed E-state index contributed by atoms with van der Waals surface area (Å²) in [5.41, 5.74) is 0. The van der Waals surface area contributed by atoms with Crippen LogP contribution in [0.1, 0.15) is 142 Å². The summed E-state index contributed by atoms with van der Waals surface area (Å²) in [6.07, 6.45) is 29.8. The van der Waals surface area contributed by atoms with Gasteiger partial charge in [0.15, 0.2) is 0 Å². The van der Waals surface area contributed by atoms with Gasteiger partial charge >= 0.3 is 178 Å². The first-order valence-electron chi connectivity index (χ1n) is 13.2. The minimum atomic E-state index is -1.19. The van der Waals surface area contributed by atoms with Crippen LogP contribution in [0.5, 0.6) is 0 Å². The summed E-state index contributed by atoms with van der Waals surface area (Å²) in [6, 6.07) is 0. The van der Waals surface area contributed by atoms with Crippen LogP contribution < -0.4 is 0 Å². The number of aliphatic hydroxyl groups is 1. The van der Waals surface area contributed by atoms with Crippen LogP contribution in [0.15, 0.2) is 0 Å². The van der Waals surface area contributed by atoms with Crippen molar-refractivity contribution in [2.75, 3.05) is 6.61 Å². The minimum absolute atomic E-state index is 0.0377. The molecule has 0 saturated carbocycles. The number of hydrogen-bond acceptors (Lipinski definition) is 2. The summed E-state index contributed by atoms with van der Waals surface area (Å²) >= 11 is 0.0377. The van der Waals surface area contributed by atoms with Crippen LogP contribution in [0.2, 0.25) is 8.87 Å². The molecule has 0 aromatic carbocycles. The molecule has 30 heavy (non-hydrogen) atoms. The fourth-order valence-corrected chi connectivity index (χ4v) is 7.17. The predicted molar refractivity (Wildman–Crippen MR) is 134 cm³/mol. The first kappa shape index (κ1) is 32.4. The van der Waals surface area contributed by atoms with Gasteiger partial charge in [-0.3, -0.25) is 0 Å². The molecule has 0 heterocycles. The van der Waals surface area contributed by atoms with E-state index in [-0.39, 0.29) is 21.1 Å². The fraction of sp³-hybridized carbons (Fsp3) is 0.962. The molecule has 3 nitrogen and oxygen atoms in total. The number of carboxylic acids is 1. The predicted octanol–water partition coefficient (Wildman–Crippen LogP) is 8.43. The number of rotatable bonds is 23. The van der Waals surface area contributed by atoms with Crippen LogP contribution in [0.25, 0.3) is 0 Å². The second-order valence-electron chi connectivity index (χ2n) is 8.67. The minimum Gasteiger partial charge on any atom is -0.480 e. The zero-order valence-electron chi connectivity index (χ0n) is 20.6. The molecule has 2 radical (unpaired) electrons. The summed E-state index contributed by atoms with van der Waals surface area (Å²) in [5.74, 6) is -1.19. The van der Waals surface area contributed by atoms with Gasteiger partial charge in [0, 0.05) is 0 Å². The van der Waals surface area contributed by atoms with Gasteiger partial charge in [-0.15, -0.1) is 0 Å². The van der Waals surface area contributed by atoms with Gasteiger partial charge < -0.3 is 10.2 Å². The smallest absolute Gasteiger partial charge is 0.480 e. The first-order valence-corrected chi connectivity index (χ1v) is 17.3. The van der Waals surface area contributed by atoms with E-state index in [2.05, 4.69) is 13.8 Å². The SMILES string of the molecule is CCCCCCCCCCC[CH2][Sn][CH2]CCCCCCCCCCC.O=C(O)CO. The number of hydrogen-bond donors (Lipinski definition) is 2. The zero-order valence-corrected chi connectivity index (χ0v) is 23.4. The standard InChI is InChI=1S/2C12H25.C2H4O3.Sn/c2*1-3-5-7-9-11-12-10-8-6-4-2;3-1-2(4)5;/h2*1,3-12H2,2H3;3H,1H2,(H,4,5);. The van der Waals surface area contributed by atoms with E-state index in [0.717, 1.165) is 0 Å². The molecule has 0 fully saturated rings. The normalized spacial score (nSPS) is 10.6. The molecular weight excluding hydrogens is 479 g/mol. The Bertz CT molecular complexity index is 289. The van der Waals surface area contributed by atoms with Crippen molar-refractivity contribution < 1.29 is 15.0 Å². The average molecular weight is 533 g/mol. The van der Waals surface area contributed by atoms with Crippen LogP contribution in [-0.2, 0) is 4.79 Å². The number of aliphatic hydroxyl groups excluding tert-OH is 1. The summed E-state index contributed by atoms with van der Waals surface area (Å²) in [6.45, 7) is 3.83. The monoisotopic (exact) mass is 534 g/mol. The van der Waals surface area contributed by atoms with Crippen LogP contribution in [0.3, 0.4) is 0 Å². The van der Waals surface area contributed by atoms with Crippen molar-refractivity contribution >= 4 is 27.1 Å². The van der Waals surface area contributed by atoms with Gasteiger partial charge in [0.1, 0.15) is 6.61 Å². The molecule has 0 spiro atoms. The van der Waals surface area contributed by atoms with Crippen molar-refractivity contribution in [3.05, 3.63) is 0 Å². The number of carboxylic acid groups (broad SMARTS) is 1. The third-order valence-corrected chi connectivity index (χ3v) is 9.59. The second-order valence-corrected chi connectivity index (χ2v) is 12.9. The summed E-state index contributed by atoms with van der Waals surface area (Å²) in [5, 5.41) is 15.0. The van der Waals surface area contributed by atoms with Gasteiger partial charge in [0.2, 0.25) is 0 Å². The van der Waals surface area contributed by atoms with Crippen molar-refractivity contribution in [2.24, 2.45) is 0 Å². The van der Waals surface area contributed by atoms with E-state index >= 15 is 0 Å². The average Bonchev–Trinajstić information content (AvgIpc) is 2.75. The van der Waals surface area contributed by atoms with Crippen LogP contribution in [0, 0.1) is 0 Å². The van der Waals surface area contributed by atoms with Crippen LogP contribution in [0.4, 0.5) is 0 Å². The summed E-state index contributed by atoms with van der Waals surface area (Å²) in [7, 11) is 0. The third kappa shape index (κ3) is 35.7. The Labute approximate surface area is 199 Å². The Balaban J connectivity index is 0. The molecule has 0 aliphatic heterocycles. The molecule has 0 rings (SSSR count). The molecular formula is C26H54O3Sn. The van der Waals surface area contributed by atoms with E-state index in [1.807, 2.05) is 0 Å².